The lowest BCUT2D eigenvalue weighted by Crippen LogP contribution is -2.12. The first kappa shape index (κ1) is 24.6. The summed E-state index contributed by atoms with van der Waals surface area (Å²) in [7, 11) is 0. The van der Waals surface area contributed by atoms with Crippen molar-refractivity contribution in [2.45, 2.75) is 20.1 Å². The minimum Gasteiger partial charge on any atom is -0.479 e. The Balaban J connectivity index is 1.41. The van der Waals surface area contributed by atoms with Crippen LogP contribution in [0.3, 0.4) is 0 Å². The maximum Gasteiger partial charge on any atom is 0.292 e. The first-order valence-corrected chi connectivity index (χ1v) is 10.7. The van der Waals surface area contributed by atoms with Crippen LogP contribution in [0.15, 0.2) is 46.9 Å². The van der Waals surface area contributed by atoms with Crippen LogP contribution >= 0.6 is 23.2 Å². The van der Waals surface area contributed by atoms with Crippen LogP contribution in [0.1, 0.15) is 27.6 Å². The molecule has 1 N–H and O–H groups in total. The Morgan fingerprint density at radius 1 is 1.03 bits per heavy atom. The molecule has 0 aliphatic rings. The minimum atomic E-state index is -1.68. The number of ether oxygens (including phenoxy) is 1. The van der Waals surface area contributed by atoms with Crippen molar-refractivity contribution in [1.82, 2.24) is 9.78 Å². The second kappa shape index (κ2) is 10.0. The summed E-state index contributed by atoms with van der Waals surface area (Å²) in [6.07, 6.45) is 0. The van der Waals surface area contributed by atoms with Gasteiger partial charge in [0, 0.05) is 17.8 Å². The fourth-order valence-electron chi connectivity index (χ4n) is 3.12. The third-order valence-corrected chi connectivity index (χ3v) is 5.59. The Bertz CT molecular complexity index is 1400. The van der Waals surface area contributed by atoms with Gasteiger partial charge in [-0.15, -0.1) is 0 Å². The third kappa shape index (κ3) is 5.44. The molecule has 0 saturated carbocycles. The van der Waals surface area contributed by atoms with Crippen molar-refractivity contribution in [3.8, 4) is 5.75 Å². The van der Waals surface area contributed by atoms with E-state index in [-0.39, 0.29) is 23.4 Å². The van der Waals surface area contributed by atoms with Crippen LogP contribution in [0.4, 0.5) is 23.4 Å². The van der Waals surface area contributed by atoms with E-state index < -0.39 is 41.5 Å². The molecule has 0 spiro atoms. The monoisotopic (exact) mass is 527 g/mol. The molecule has 182 valence electrons. The number of aryl methyl sites for hydroxylation is 1. The number of hydrogen-bond donors (Lipinski definition) is 1. The van der Waals surface area contributed by atoms with Crippen molar-refractivity contribution < 1.29 is 31.5 Å². The number of nitrogens with one attached hydrogen (secondary N) is 1. The average molecular weight is 528 g/mol. The number of rotatable bonds is 7. The first-order valence-electron chi connectivity index (χ1n) is 9.96. The van der Waals surface area contributed by atoms with Crippen molar-refractivity contribution >= 4 is 34.9 Å². The zero-order valence-corrected chi connectivity index (χ0v) is 19.4. The molecule has 0 atom stereocenters. The fourth-order valence-corrected chi connectivity index (χ4v) is 3.44. The molecule has 0 unspecified atom stereocenters. The van der Waals surface area contributed by atoms with Gasteiger partial charge in [-0.05, 0) is 36.8 Å². The molecule has 2 aromatic carbocycles. The summed E-state index contributed by atoms with van der Waals surface area (Å²) in [5, 5.41) is 7.75. The number of anilines is 1. The largest absolute Gasteiger partial charge is 0.479 e. The Morgan fingerprint density at radius 3 is 2.43 bits per heavy atom. The molecule has 4 aromatic rings. The number of halogens is 6. The van der Waals surface area contributed by atoms with Crippen molar-refractivity contribution in [2.24, 2.45) is 0 Å². The van der Waals surface area contributed by atoms with Crippen molar-refractivity contribution in [3.05, 3.63) is 98.6 Å². The predicted molar refractivity (Wildman–Crippen MR) is 120 cm³/mol. The number of furan rings is 1. The van der Waals surface area contributed by atoms with Gasteiger partial charge in [0.05, 0.1) is 16.6 Å². The maximum atomic E-state index is 13.7. The lowest BCUT2D eigenvalue weighted by Gasteiger charge is -2.08. The molecule has 0 saturated heterocycles. The Morgan fingerprint density at radius 2 is 1.74 bits per heavy atom. The van der Waals surface area contributed by atoms with E-state index in [1.807, 2.05) is 0 Å². The molecule has 0 radical (unpaired) electrons. The first-order chi connectivity index (χ1) is 16.6. The smallest absolute Gasteiger partial charge is 0.292 e. The van der Waals surface area contributed by atoms with Crippen molar-refractivity contribution in [2.75, 3.05) is 5.32 Å². The van der Waals surface area contributed by atoms with Gasteiger partial charge < -0.3 is 14.5 Å². The summed E-state index contributed by atoms with van der Waals surface area (Å²) in [4.78, 5) is 12.5. The van der Waals surface area contributed by atoms with Crippen LogP contribution in [0, 0.1) is 30.2 Å². The zero-order chi connectivity index (χ0) is 25.3. The number of aromatic nitrogens is 2. The quantitative estimate of drug-likeness (QED) is 0.219. The minimum absolute atomic E-state index is 0.0139. The second-order valence-corrected chi connectivity index (χ2v) is 8.20. The van der Waals surface area contributed by atoms with Gasteiger partial charge in [0.25, 0.3) is 5.91 Å². The van der Waals surface area contributed by atoms with Crippen LogP contribution in [0.25, 0.3) is 0 Å². The molecule has 1 amide bonds. The van der Waals surface area contributed by atoms with Crippen molar-refractivity contribution in [1.29, 1.82) is 0 Å². The molecule has 35 heavy (non-hydrogen) atoms. The molecule has 12 heteroatoms. The van der Waals surface area contributed by atoms with E-state index in [1.165, 1.54) is 12.1 Å². The van der Waals surface area contributed by atoms with Crippen LogP contribution in [-0.2, 0) is 13.2 Å². The van der Waals surface area contributed by atoms with Gasteiger partial charge in [0.15, 0.2) is 29.0 Å². The lowest BCUT2D eigenvalue weighted by atomic mass is 10.2. The van der Waals surface area contributed by atoms with E-state index in [0.29, 0.717) is 16.6 Å². The predicted octanol–water partition coefficient (Wildman–Crippen LogP) is 6.53. The highest BCUT2D eigenvalue weighted by Crippen LogP contribution is 2.28. The molecule has 0 aliphatic carbocycles. The SMILES string of the molecule is Cc1cc(NC(=O)c2ccc(COc3c(F)c(F)cc(F)c3F)o2)nn1Cc1ccc(Cl)c(Cl)c1. The van der Waals surface area contributed by atoms with E-state index in [0.717, 1.165) is 11.3 Å². The van der Waals surface area contributed by atoms with Crippen LogP contribution in [0.2, 0.25) is 10.0 Å². The molecular weight excluding hydrogens is 513 g/mol. The van der Waals surface area contributed by atoms with E-state index >= 15 is 0 Å². The normalized spacial score (nSPS) is 11.1. The van der Waals surface area contributed by atoms with E-state index in [1.54, 1.807) is 35.9 Å². The number of hydrogen-bond acceptors (Lipinski definition) is 4. The number of carbonyl (C=O) groups excluding carboxylic acids is 1. The molecule has 0 aliphatic heterocycles. The lowest BCUT2D eigenvalue weighted by molar-refractivity contribution is 0.0991. The van der Waals surface area contributed by atoms with Gasteiger partial charge in [0.2, 0.25) is 11.6 Å². The van der Waals surface area contributed by atoms with Crippen LogP contribution < -0.4 is 10.1 Å². The van der Waals surface area contributed by atoms with E-state index in [2.05, 4.69) is 10.4 Å². The number of carbonyl (C=O) groups is 1. The second-order valence-electron chi connectivity index (χ2n) is 7.38. The summed E-state index contributed by atoms with van der Waals surface area (Å²) >= 11 is 12.0. The summed E-state index contributed by atoms with van der Waals surface area (Å²) < 4.78 is 65.8. The van der Waals surface area contributed by atoms with Gasteiger partial charge in [0.1, 0.15) is 12.4 Å². The maximum absolute atomic E-state index is 13.7. The third-order valence-electron chi connectivity index (χ3n) is 4.85. The Hall–Kier alpha value is -3.50. The van der Waals surface area contributed by atoms with E-state index in [4.69, 9.17) is 32.4 Å². The number of benzene rings is 2. The number of amides is 1. The molecular formula is C23H15Cl2F4N3O3. The van der Waals surface area contributed by atoms with Gasteiger partial charge in [-0.3, -0.25) is 9.48 Å². The summed E-state index contributed by atoms with van der Waals surface area (Å²) in [5.74, 6) is -8.36. The average Bonchev–Trinajstić information content (AvgIpc) is 3.41. The van der Waals surface area contributed by atoms with Gasteiger partial charge in [-0.2, -0.15) is 13.9 Å². The molecule has 6 nitrogen and oxygen atoms in total. The van der Waals surface area contributed by atoms with Crippen molar-refractivity contribution in [3.63, 3.8) is 0 Å². The summed E-state index contributed by atoms with van der Waals surface area (Å²) in [5.41, 5.74) is 1.61. The van der Waals surface area contributed by atoms with Gasteiger partial charge in [-0.1, -0.05) is 29.3 Å². The van der Waals surface area contributed by atoms with E-state index in [9.17, 15) is 22.4 Å². The Kier molecular flexibility index (Phi) is 7.04. The molecule has 2 heterocycles. The number of nitrogens with zero attached hydrogens (tertiary/aromatic N) is 2. The van der Waals surface area contributed by atoms with Crippen LogP contribution in [0.5, 0.6) is 5.75 Å². The van der Waals surface area contributed by atoms with Gasteiger partial charge >= 0.3 is 0 Å². The topological polar surface area (TPSA) is 69.3 Å². The molecule has 0 bridgehead atoms. The Labute approximate surface area is 206 Å². The van der Waals surface area contributed by atoms with Crippen LogP contribution in [-0.4, -0.2) is 15.7 Å². The molecule has 2 aromatic heterocycles. The summed E-state index contributed by atoms with van der Waals surface area (Å²) in [6.45, 7) is 1.60. The summed E-state index contributed by atoms with van der Waals surface area (Å²) in [6, 6.07) is 9.52. The fraction of sp³-hybridized carbons (Fsp3) is 0.130. The molecule has 0 fully saturated rings. The highest BCUT2D eigenvalue weighted by Gasteiger charge is 2.21. The highest BCUT2D eigenvalue weighted by molar-refractivity contribution is 6.42. The standard InChI is InChI=1S/C23H15Cl2F4N3O3/c1-11-6-19(31-32(11)9-12-2-4-14(24)15(25)7-12)30-23(33)18-5-3-13(35-18)10-34-22-20(28)16(26)8-17(27)21(22)29/h2-8H,9-10H2,1H3,(H,30,31,33). The zero-order valence-electron chi connectivity index (χ0n) is 17.8. The highest BCUT2D eigenvalue weighted by atomic mass is 35.5. The van der Waals surface area contributed by atoms with Gasteiger partial charge in [-0.25, -0.2) is 8.78 Å². The molecule has 4 rings (SSSR count).